The molecule has 14 heteroatoms. The molecule has 1 aliphatic heterocycles. The van der Waals surface area contributed by atoms with E-state index in [9.17, 15) is 8.42 Å². The lowest BCUT2D eigenvalue weighted by Crippen LogP contribution is -2.43. The zero-order chi connectivity index (χ0) is 28.3. The highest BCUT2D eigenvalue weighted by Gasteiger charge is 2.19. The molecule has 4 aromatic rings. The van der Waals surface area contributed by atoms with Crippen molar-refractivity contribution in [3.8, 4) is 5.75 Å². The number of ether oxygens (including phenoxy) is 1. The van der Waals surface area contributed by atoms with Gasteiger partial charge in [0.05, 0.1) is 42.1 Å². The molecular weight excluding hydrogens is 554 g/mol. The lowest BCUT2D eigenvalue weighted by Gasteiger charge is -2.31. The van der Waals surface area contributed by atoms with Crippen LogP contribution in [-0.2, 0) is 16.4 Å². The van der Waals surface area contributed by atoms with E-state index < -0.39 is 10.0 Å². The first-order valence-corrected chi connectivity index (χ1v) is 15.0. The van der Waals surface area contributed by atoms with Gasteiger partial charge in [-0.05, 0) is 30.2 Å². The Bertz CT molecular complexity index is 1650. The van der Waals surface area contributed by atoms with Crippen LogP contribution < -0.4 is 30.3 Å². The summed E-state index contributed by atoms with van der Waals surface area (Å²) in [7, 11) is -2.00. The minimum atomic E-state index is -3.63. The number of aromatic nitrogens is 4. The number of rotatable bonds is 9. The highest BCUT2D eigenvalue weighted by atomic mass is 35.5. The SMILES string of the molecule is CCc1cc(Nc2ncc(Cl)c(Nc3ccc4nccnc4c3NS(C)(=O)=O)n2)c(OC)cc1N1CCNCC1. The smallest absolute Gasteiger partial charge is 0.229 e. The molecule has 1 saturated heterocycles. The number of benzene rings is 2. The number of nitrogens with zero attached hydrogens (tertiary/aromatic N) is 5. The van der Waals surface area contributed by atoms with Gasteiger partial charge < -0.3 is 25.6 Å². The lowest BCUT2D eigenvalue weighted by molar-refractivity contribution is 0.416. The number of fused-ring (bicyclic) bond motifs is 1. The van der Waals surface area contributed by atoms with Crippen molar-refractivity contribution in [2.75, 3.05) is 59.8 Å². The third-order valence-corrected chi connectivity index (χ3v) is 7.26. The first-order chi connectivity index (χ1) is 19.3. The Labute approximate surface area is 237 Å². The van der Waals surface area contributed by atoms with Gasteiger partial charge in [-0.15, -0.1) is 0 Å². The second-order valence-electron chi connectivity index (χ2n) is 9.20. The predicted molar refractivity (Wildman–Crippen MR) is 159 cm³/mol. The van der Waals surface area contributed by atoms with Crippen molar-refractivity contribution in [2.45, 2.75) is 13.3 Å². The number of aryl methyl sites for hydroxylation is 1. The Balaban J connectivity index is 1.48. The van der Waals surface area contributed by atoms with E-state index in [1.165, 1.54) is 24.2 Å². The molecule has 1 fully saturated rings. The monoisotopic (exact) mass is 583 g/mol. The number of hydrogen-bond acceptors (Lipinski definition) is 11. The van der Waals surface area contributed by atoms with Crippen molar-refractivity contribution < 1.29 is 13.2 Å². The maximum atomic E-state index is 12.1. The number of methoxy groups -OCH3 is 1. The molecule has 0 bridgehead atoms. The van der Waals surface area contributed by atoms with Gasteiger partial charge in [0.1, 0.15) is 16.3 Å². The topological polar surface area (TPSA) is 146 Å². The molecule has 0 radical (unpaired) electrons. The average Bonchev–Trinajstić information content (AvgIpc) is 2.95. The van der Waals surface area contributed by atoms with Crippen LogP contribution in [0, 0.1) is 0 Å². The molecule has 2 aromatic heterocycles. The van der Waals surface area contributed by atoms with Gasteiger partial charge in [0.2, 0.25) is 16.0 Å². The van der Waals surface area contributed by atoms with Gasteiger partial charge in [-0.2, -0.15) is 4.98 Å². The number of sulfonamides is 1. The molecule has 1 aliphatic rings. The summed E-state index contributed by atoms with van der Waals surface area (Å²) in [6.07, 6.45) is 6.40. The molecule has 40 heavy (non-hydrogen) atoms. The summed E-state index contributed by atoms with van der Waals surface area (Å²) < 4.78 is 32.5. The van der Waals surface area contributed by atoms with Crippen LogP contribution in [0.3, 0.4) is 0 Å². The molecule has 0 spiro atoms. The Kier molecular flexibility index (Phi) is 8.05. The highest BCUT2D eigenvalue weighted by molar-refractivity contribution is 7.92. The molecule has 0 saturated carbocycles. The Hall–Kier alpha value is -3.94. The van der Waals surface area contributed by atoms with Crippen molar-refractivity contribution >= 4 is 67.2 Å². The number of piperazine rings is 1. The second-order valence-corrected chi connectivity index (χ2v) is 11.4. The van der Waals surface area contributed by atoms with Gasteiger partial charge in [-0.1, -0.05) is 18.5 Å². The summed E-state index contributed by atoms with van der Waals surface area (Å²) in [5.41, 5.74) is 4.57. The van der Waals surface area contributed by atoms with E-state index >= 15 is 0 Å². The first-order valence-electron chi connectivity index (χ1n) is 12.7. The van der Waals surface area contributed by atoms with Crippen LogP contribution in [0.15, 0.2) is 42.9 Å². The Morgan fingerprint density at radius 1 is 1.07 bits per heavy atom. The van der Waals surface area contributed by atoms with Crippen LogP contribution in [0.5, 0.6) is 5.75 Å². The summed E-state index contributed by atoms with van der Waals surface area (Å²) >= 11 is 6.45. The quantitative estimate of drug-likeness (QED) is 0.227. The molecule has 12 nitrogen and oxygen atoms in total. The van der Waals surface area contributed by atoms with E-state index in [0.29, 0.717) is 28.2 Å². The fourth-order valence-corrected chi connectivity index (χ4v) is 5.27. The summed E-state index contributed by atoms with van der Waals surface area (Å²) in [6.45, 7) is 5.84. The van der Waals surface area contributed by atoms with Crippen LogP contribution in [0.25, 0.3) is 11.0 Å². The minimum Gasteiger partial charge on any atom is -0.494 e. The summed E-state index contributed by atoms with van der Waals surface area (Å²) in [5.74, 6) is 1.21. The summed E-state index contributed by atoms with van der Waals surface area (Å²) in [5, 5.41) is 10.0. The number of nitrogens with one attached hydrogen (secondary N) is 4. The maximum absolute atomic E-state index is 12.1. The molecule has 3 heterocycles. The summed E-state index contributed by atoms with van der Waals surface area (Å²) in [6, 6.07) is 7.50. The van der Waals surface area contributed by atoms with Crippen molar-refractivity contribution in [1.29, 1.82) is 0 Å². The standard InChI is InChI=1S/C26H30ClN9O3S/c1-4-16-13-20(22(39-2)14-21(16)36-11-9-28-10-12-36)33-26-31-15-17(27)25(34-26)32-19-6-5-18-23(30-8-7-29-18)24(19)35-40(3,37)38/h5-8,13-15,28,35H,4,9-12H2,1-3H3,(H2,31,32,33,34). The molecule has 5 rings (SSSR count). The van der Waals surface area contributed by atoms with E-state index in [2.05, 4.69) is 58.5 Å². The van der Waals surface area contributed by atoms with Gasteiger partial charge in [-0.3, -0.25) is 14.7 Å². The molecule has 0 atom stereocenters. The zero-order valence-electron chi connectivity index (χ0n) is 22.3. The second kappa shape index (κ2) is 11.7. The van der Waals surface area contributed by atoms with E-state index in [1.807, 2.05) is 6.07 Å². The van der Waals surface area contributed by atoms with Crippen molar-refractivity contribution in [1.82, 2.24) is 25.3 Å². The fraction of sp³-hybridized carbons (Fsp3) is 0.308. The van der Waals surface area contributed by atoms with Crippen molar-refractivity contribution in [2.24, 2.45) is 0 Å². The fourth-order valence-electron chi connectivity index (χ4n) is 4.56. The van der Waals surface area contributed by atoms with E-state index in [4.69, 9.17) is 16.3 Å². The van der Waals surface area contributed by atoms with Crippen LogP contribution in [0.2, 0.25) is 5.02 Å². The van der Waals surface area contributed by atoms with Crippen LogP contribution >= 0.6 is 11.6 Å². The Morgan fingerprint density at radius 3 is 2.58 bits per heavy atom. The largest absolute Gasteiger partial charge is 0.494 e. The third-order valence-electron chi connectivity index (χ3n) is 6.41. The molecule has 0 aliphatic carbocycles. The van der Waals surface area contributed by atoms with E-state index in [-0.39, 0.29) is 22.5 Å². The van der Waals surface area contributed by atoms with E-state index in [1.54, 1.807) is 19.2 Å². The van der Waals surface area contributed by atoms with Crippen molar-refractivity contribution in [3.05, 3.63) is 53.4 Å². The van der Waals surface area contributed by atoms with Gasteiger partial charge in [0, 0.05) is 50.3 Å². The van der Waals surface area contributed by atoms with Crippen molar-refractivity contribution in [3.63, 3.8) is 0 Å². The van der Waals surface area contributed by atoms with Gasteiger partial charge in [-0.25, -0.2) is 13.4 Å². The number of halogens is 1. The predicted octanol–water partition coefficient (Wildman–Crippen LogP) is 3.91. The van der Waals surface area contributed by atoms with Crippen LogP contribution in [0.4, 0.5) is 34.5 Å². The van der Waals surface area contributed by atoms with Gasteiger partial charge in [0.25, 0.3) is 0 Å². The molecule has 4 N–H and O–H groups in total. The van der Waals surface area contributed by atoms with Crippen LogP contribution in [0.1, 0.15) is 12.5 Å². The number of anilines is 6. The van der Waals surface area contributed by atoms with Gasteiger partial charge in [0.15, 0.2) is 5.82 Å². The first kappa shape index (κ1) is 27.6. The van der Waals surface area contributed by atoms with E-state index in [0.717, 1.165) is 44.5 Å². The maximum Gasteiger partial charge on any atom is 0.229 e. The molecule has 210 valence electrons. The minimum absolute atomic E-state index is 0.232. The zero-order valence-corrected chi connectivity index (χ0v) is 23.9. The molecule has 0 amide bonds. The van der Waals surface area contributed by atoms with Crippen LogP contribution in [-0.4, -0.2) is 67.9 Å². The molecule has 2 aromatic carbocycles. The lowest BCUT2D eigenvalue weighted by atomic mass is 10.1. The average molecular weight is 584 g/mol. The molecule has 0 unspecified atom stereocenters. The molecular formula is C26H30ClN9O3S. The summed E-state index contributed by atoms with van der Waals surface area (Å²) in [4.78, 5) is 19.9. The number of hydrogen-bond donors (Lipinski definition) is 4. The highest BCUT2D eigenvalue weighted by Crippen LogP contribution is 2.37. The van der Waals surface area contributed by atoms with Gasteiger partial charge >= 0.3 is 0 Å². The normalized spacial score (nSPS) is 13.8. The Morgan fingerprint density at radius 2 is 1.85 bits per heavy atom. The third kappa shape index (κ3) is 6.11.